The molecule has 1 atom stereocenters. The summed E-state index contributed by atoms with van der Waals surface area (Å²) in [5.74, 6) is 1.74. The zero-order valence-electron chi connectivity index (χ0n) is 10.5. The molecule has 18 heavy (non-hydrogen) atoms. The highest BCUT2D eigenvalue weighted by atomic mass is 35.5. The van der Waals surface area contributed by atoms with Crippen LogP contribution in [0.3, 0.4) is 0 Å². The van der Waals surface area contributed by atoms with Gasteiger partial charge in [0.25, 0.3) is 0 Å². The van der Waals surface area contributed by atoms with E-state index in [0.29, 0.717) is 12.8 Å². The highest BCUT2D eigenvalue weighted by Gasteiger charge is 2.20. The van der Waals surface area contributed by atoms with Gasteiger partial charge < -0.3 is 14.8 Å². The fourth-order valence-corrected chi connectivity index (χ4v) is 2.45. The van der Waals surface area contributed by atoms with Gasteiger partial charge in [-0.1, -0.05) is 6.07 Å². The first-order chi connectivity index (χ1) is 8.34. The van der Waals surface area contributed by atoms with E-state index >= 15 is 0 Å². The second-order valence-corrected chi connectivity index (χ2v) is 4.57. The minimum absolute atomic E-state index is 0. The van der Waals surface area contributed by atoms with Gasteiger partial charge in [-0.15, -0.1) is 12.4 Å². The van der Waals surface area contributed by atoms with Gasteiger partial charge in [0.15, 0.2) is 11.5 Å². The van der Waals surface area contributed by atoms with E-state index in [-0.39, 0.29) is 12.4 Å². The number of nitrogens with one attached hydrogen (secondary N) is 1. The standard InChI is InChI=1S/C13H18N2O2.ClH/c1-10(15-6-4-14-5-7-15)11-2-3-12-13(8-11)17-9-16-12;/h2-3,8,10,14H,4-7,9H2,1H3;1H/t10-;/m0./s1. The van der Waals surface area contributed by atoms with Crippen molar-refractivity contribution < 1.29 is 9.47 Å². The van der Waals surface area contributed by atoms with Gasteiger partial charge in [-0.05, 0) is 24.6 Å². The Bertz CT molecular complexity index is 408. The van der Waals surface area contributed by atoms with Gasteiger partial charge in [0, 0.05) is 32.2 Å². The normalized spacial score (nSPS) is 20.3. The summed E-state index contributed by atoms with van der Waals surface area (Å²) in [6.45, 7) is 6.97. The van der Waals surface area contributed by atoms with Crippen molar-refractivity contribution in [2.24, 2.45) is 0 Å². The first-order valence-corrected chi connectivity index (χ1v) is 6.19. The molecule has 1 aromatic rings. The molecule has 1 saturated heterocycles. The molecule has 3 rings (SSSR count). The Morgan fingerprint density at radius 2 is 1.89 bits per heavy atom. The van der Waals surface area contributed by atoms with E-state index < -0.39 is 0 Å². The van der Waals surface area contributed by atoms with Crippen LogP contribution in [-0.4, -0.2) is 37.9 Å². The van der Waals surface area contributed by atoms with Gasteiger partial charge in [0.1, 0.15) is 0 Å². The summed E-state index contributed by atoms with van der Waals surface area (Å²) in [7, 11) is 0. The third kappa shape index (κ3) is 2.55. The number of halogens is 1. The molecule has 100 valence electrons. The molecule has 0 bridgehead atoms. The minimum atomic E-state index is 0. The number of rotatable bonds is 2. The van der Waals surface area contributed by atoms with Gasteiger partial charge in [0.05, 0.1) is 0 Å². The molecule has 4 nitrogen and oxygen atoms in total. The molecule has 1 N–H and O–H groups in total. The molecular weight excluding hydrogens is 252 g/mol. The lowest BCUT2D eigenvalue weighted by Crippen LogP contribution is -2.44. The van der Waals surface area contributed by atoms with Crippen LogP contribution in [-0.2, 0) is 0 Å². The molecule has 2 heterocycles. The summed E-state index contributed by atoms with van der Waals surface area (Å²) in [6.07, 6.45) is 0. The molecule has 0 spiro atoms. The van der Waals surface area contributed by atoms with Crippen LogP contribution in [0.5, 0.6) is 11.5 Å². The molecule has 1 aromatic carbocycles. The number of ether oxygens (including phenoxy) is 2. The molecule has 5 heteroatoms. The molecule has 0 aromatic heterocycles. The monoisotopic (exact) mass is 270 g/mol. The number of hydrogen-bond acceptors (Lipinski definition) is 4. The van der Waals surface area contributed by atoms with E-state index in [2.05, 4.69) is 29.3 Å². The van der Waals surface area contributed by atoms with Crippen molar-refractivity contribution in [1.29, 1.82) is 0 Å². The van der Waals surface area contributed by atoms with Crippen molar-refractivity contribution in [3.05, 3.63) is 23.8 Å². The van der Waals surface area contributed by atoms with E-state index in [9.17, 15) is 0 Å². The highest BCUT2D eigenvalue weighted by molar-refractivity contribution is 5.85. The largest absolute Gasteiger partial charge is 0.454 e. The average Bonchev–Trinajstić information content (AvgIpc) is 2.86. The first kappa shape index (κ1) is 13.5. The fourth-order valence-electron chi connectivity index (χ4n) is 2.45. The second-order valence-electron chi connectivity index (χ2n) is 4.57. The third-order valence-corrected chi connectivity index (χ3v) is 3.58. The SMILES string of the molecule is C[C@@H](c1ccc2c(c1)OCO2)N1CCNCC1.Cl. The first-order valence-electron chi connectivity index (χ1n) is 6.19. The van der Waals surface area contributed by atoms with Crippen LogP contribution < -0.4 is 14.8 Å². The molecule has 0 amide bonds. The average molecular weight is 271 g/mol. The van der Waals surface area contributed by atoms with Crippen LogP contribution in [0.1, 0.15) is 18.5 Å². The number of piperazine rings is 1. The Hall–Kier alpha value is -0.970. The van der Waals surface area contributed by atoms with Gasteiger partial charge in [-0.3, -0.25) is 4.90 Å². The molecule has 0 unspecified atom stereocenters. The smallest absolute Gasteiger partial charge is 0.231 e. The van der Waals surface area contributed by atoms with Crippen LogP contribution in [0.15, 0.2) is 18.2 Å². The molecule has 2 aliphatic heterocycles. The van der Waals surface area contributed by atoms with Crippen LogP contribution >= 0.6 is 12.4 Å². The Labute approximate surface area is 114 Å². The number of fused-ring (bicyclic) bond motifs is 1. The second kappa shape index (κ2) is 5.78. The van der Waals surface area contributed by atoms with Crippen molar-refractivity contribution in [3.63, 3.8) is 0 Å². The number of benzene rings is 1. The predicted molar refractivity (Wildman–Crippen MR) is 72.7 cm³/mol. The summed E-state index contributed by atoms with van der Waals surface area (Å²) >= 11 is 0. The summed E-state index contributed by atoms with van der Waals surface area (Å²) in [4.78, 5) is 2.49. The van der Waals surface area contributed by atoms with Crippen molar-refractivity contribution in [1.82, 2.24) is 10.2 Å². The van der Waals surface area contributed by atoms with E-state index in [1.54, 1.807) is 0 Å². The summed E-state index contributed by atoms with van der Waals surface area (Å²) < 4.78 is 10.8. The van der Waals surface area contributed by atoms with Gasteiger partial charge in [0.2, 0.25) is 6.79 Å². The minimum Gasteiger partial charge on any atom is -0.454 e. The molecule has 2 aliphatic rings. The molecule has 0 saturated carbocycles. The lowest BCUT2D eigenvalue weighted by molar-refractivity contribution is 0.173. The fraction of sp³-hybridized carbons (Fsp3) is 0.538. The van der Waals surface area contributed by atoms with Crippen molar-refractivity contribution in [2.75, 3.05) is 33.0 Å². The van der Waals surface area contributed by atoms with Crippen LogP contribution in [0.2, 0.25) is 0 Å². The Morgan fingerprint density at radius 3 is 2.67 bits per heavy atom. The Kier molecular flexibility index (Phi) is 4.32. The van der Waals surface area contributed by atoms with Crippen LogP contribution in [0, 0.1) is 0 Å². The number of nitrogens with zero attached hydrogens (tertiary/aromatic N) is 1. The van der Waals surface area contributed by atoms with E-state index in [1.165, 1.54) is 5.56 Å². The van der Waals surface area contributed by atoms with Gasteiger partial charge in [-0.2, -0.15) is 0 Å². The van der Waals surface area contributed by atoms with Crippen LogP contribution in [0.4, 0.5) is 0 Å². The zero-order valence-corrected chi connectivity index (χ0v) is 11.3. The lowest BCUT2D eigenvalue weighted by atomic mass is 10.1. The molecule has 0 radical (unpaired) electrons. The Balaban J connectivity index is 0.00000120. The topological polar surface area (TPSA) is 33.7 Å². The summed E-state index contributed by atoms with van der Waals surface area (Å²) in [6, 6.07) is 6.69. The molecular formula is C13H19ClN2O2. The third-order valence-electron chi connectivity index (χ3n) is 3.58. The predicted octanol–water partition coefficient (Wildman–Crippen LogP) is 1.80. The quantitative estimate of drug-likeness (QED) is 0.889. The highest BCUT2D eigenvalue weighted by Crippen LogP contribution is 2.35. The van der Waals surface area contributed by atoms with Gasteiger partial charge in [-0.25, -0.2) is 0 Å². The maximum Gasteiger partial charge on any atom is 0.231 e. The van der Waals surface area contributed by atoms with Crippen molar-refractivity contribution in [2.45, 2.75) is 13.0 Å². The zero-order chi connectivity index (χ0) is 11.7. The van der Waals surface area contributed by atoms with E-state index in [4.69, 9.17) is 9.47 Å². The maximum absolute atomic E-state index is 5.42. The van der Waals surface area contributed by atoms with E-state index in [1.807, 2.05) is 6.07 Å². The summed E-state index contributed by atoms with van der Waals surface area (Å²) in [5.41, 5.74) is 1.30. The molecule has 1 fully saturated rings. The van der Waals surface area contributed by atoms with Crippen molar-refractivity contribution in [3.8, 4) is 11.5 Å². The maximum atomic E-state index is 5.42. The number of hydrogen-bond donors (Lipinski definition) is 1. The Morgan fingerprint density at radius 1 is 1.17 bits per heavy atom. The summed E-state index contributed by atoms with van der Waals surface area (Å²) in [5, 5.41) is 3.38. The van der Waals surface area contributed by atoms with Crippen molar-refractivity contribution >= 4 is 12.4 Å². The van der Waals surface area contributed by atoms with Gasteiger partial charge >= 0.3 is 0 Å². The lowest BCUT2D eigenvalue weighted by Gasteiger charge is -2.33. The van der Waals surface area contributed by atoms with E-state index in [0.717, 1.165) is 37.7 Å². The van der Waals surface area contributed by atoms with Crippen LogP contribution in [0.25, 0.3) is 0 Å². The molecule has 0 aliphatic carbocycles.